The Kier molecular flexibility index (Phi) is 6.09. The first-order valence-corrected chi connectivity index (χ1v) is 5.90. The summed E-state index contributed by atoms with van der Waals surface area (Å²) in [5.74, 6) is 0.433. The number of nitrogens with zero attached hydrogens (tertiary/aromatic N) is 1. The quantitative estimate of drug-likeness (QED) is 0.589. The highest BCUT2D eigenvalue weighted by Gasteiger charge is 2.02. The average molecular weight is 240 g/mol. The Labute approximate surface area is 101 Å². The second-order valence-electron chi connectivity index (χ2n) is 3.74. The molecule has 0 aromatic carbocycles. The molecule has 6 heteroatoms. The molecule has 0 saturated carbocycles. The molecular formula is C11H20N4O2. The van der Waals surface area contributed by atoms with E-state index < -0.39 is 0 Å². The molecule has 0 aliphatic heterocycles. The maximum Gasteiger partial charge on any atom is 0.276 e. The fourth-order valence-electron chi connectivity index (χ4n) is 1.28. The van der Waals surface area contributed by atoms with Gasteiger partial charge in [-0.05, 0) is 12.8 Å². The van der Waals surface area contributed by atoms with E-state index in [2.05, 4.69) is 22.2 Å². The van der Waals surface area contributed by atoms with Gasteiger partial charge in [-0.25, -0.2) is 4.98 Å². The fraction of sp³-hybridized carbons (Fsp3) is 0.636. The van der Waals surface area contributed by atoms with Crippen LogP contribution in [0.5, 0.6) is 0 Å². The minimum atomic E-state index is -0.318. The number of H-pyrrole nitrogens is 1. The van der Waals surface area contributed by atoms with Crippen molar-refractivity contribution in [2.24, 2.45) is 0 Å². The standard InChI is InChI=1S/C11H20N4O2/c1-2-3-6-17-7-4-5-13-10-9(12)11(16)15-8-14-10/h8H,2-7,12H2,1H3,(H2,13,14,15,16). The molecule has 1 aromatic rings. The number of anilines is 2. The normalized spacial score (nSPS) is 10.4. The van der Waals surface area contributed by atoms with Crippen LogP contribution < -0.4 is 16.6 Å². The number of hydrogen-bond acceptors (Lipinski definition) is 5. The van der Waals surface area contributed by atoms with Gasteiger partial charge in [-0.1, -0.05) is 13.3 Å². The van der Waals surface area contributed by atoms with E-state index in [0.29, 0.717) is 19.0 Å². The van der Waals surface area contributed by atoms with E-state index in [4.69, 9.17) is 10.5 Å². The smallest absolute Gasteiger partial charge is 0.276 e. The summed E-state index contributed by atoms with van der Waals surface area (Å²) in [6.45, 7) is 4.33. The number of nitrogens with two attached hydrogens (primary N) is 1. The van der Waals surface area contributed by atoms with Crippen LogP contribution in [-0.4, -0.2) is 29.7 Å². The van der Waals surface area contributed by atoms with Crippen LogP contribution in [-0.2, 0) is 4.74 Å². The van der Waals surface area contributed by atoms with Crippen LogP contribution in [0.2, 0.25) is 0 Å². The largest absolute Gasteiger partial charge is 0.391 e. The third-order valence-electron chi connectivity index (χ3n) is 2.29. The van der Waals surface area contributed by atoms with E-state index in [9.17, 15) is 4.79 Å². The van der Waals surface area contributed by atoms with Gasteiger partial charge in [0, 0.05) is 19.8 Å². The summed E-state index contributed by atoms with van der Waals surface area (Å²) in [5, 5.41) is 3.01. The molecule has 1 heterocycles. The maximum absolute atomic E-state index is 11.2. The summed E-state index contributed by atoms with van der Waals surface area (Å²) >= 11 is 0. The third-order valence-corrected chi connectivity index (χ3v) is 2.29. The van der Waals surface area contributed by atoms with Gasteiger partial charge in [-0.2, -0.15) is 0 Å². The van der Waals surface area contributed by atoms with Crippen LogP contribution in [0.4, 0.5) is 11.5 Å². The number of hydrogen-bond donors (Lipinski definition) is 3. The molecule has 0 amide bonds. The topological polar surface area (TPSA) is 93.0 Å². The van der Waals surface area contributed by atoms with Gasteiger partial charge in [0.05, 0.1) is 6.33 Å². The predicted molar refractivity (Wildman–Crippen MR) is 68.1 cm³/mol. The molecule has 0 unspecified atom stereocenters. The SMILES string of the molecule is CCCCOCCCNc1nc[nH]c(=O)c1N. The molecule has 0 saturated heterocycles. The molecule has 0 bridgehead atoms. The number of ether oxygens (including phenoxy) is 1. The molecule has 0 atom stereocenters. The molecule has 1 rings (SSSR count). The lowest BCUT2D eigenvalue weighted by Crippen LogP contribution is -2.17. The van der Waals surface area contributed by atoms with E-state index in [0.717, 1.165) is 25.9 Å². The third kappa shape index (κ3) is 4.86. The van der Waals surface area contributed by atoms with Gasteiger partial charge in [0.1, 0.15) is 5.69 Å². The van der Waals surface area contributed by atoms with Crippen molar-refractivity contribution in [1.29, 1.82) is 0 Å². The molecule has 6 nitrogen and oxygen atoms in total. The monoisotopic (exact) mass is 240 g/mol. The first kappa shape index (κ1) is 13.5. The highest BCUT2D eigenvalue weighted by Crippen LogP contribution is 2.06. The summed E-state index contributed by atoms with van der Waals surface area (Å²) in [5.41, 5.74) is 5.37. The van der Waals surface area contributed by atoms with Crippen LogP contribution in [0.15, 0.2) is 11.1 Å². The maximum atomic E-state index is 11.2. The van der Waals surface area contributed by atoms with Crippen LogP contribution in [0.25, 0.3) is 0 Å². The minimum Gasteiger partial charge on any atom is -0.391 e. The lowest BCUT2D eigenvalue weighted by molar-refractivity contribution is 0.131. The van der Waals surface area contributed by atoms with Crippen molar-refractivity contribution in [2.75, 3.05) is 30.8 Å². The van der Waals surface area contributed by atoms with Crippen LogP contribution >= 0.6 is 0 Å². The van der Waals surface area contributed by atoms with Crippen LogP contribution in [0, 0.1) is 0 Å². The van der Waals surface area contributed by atoms with Crippen molar-refractivity contribution in [3.8, 4) is 0 Å². The van der Waals surface area contributed by atoms with Gasteiger partial charge in [-0.15, -0.1) is 0 Å². The van der Waals surface area contributed by atoms with Gasteiger partial charge in [-0.3, -0.25) is 4.79 Å². The molecule has 0 fully saturated rings. The van der Waals surface area contributed by atoms with Crippen LogP contribution in [0.3, 0.4) is 0 Å². The molecule has 17 heavy (non-hydrogen) atoms. The number of unbranched alkanes of at least 4 members (excludes halogenated alkanes) is 1. The highest BCUT2D eigenvalue weighted by atomic mass is 16.5. The van der Waals surface area contributed by atoms with Crippen LogP contribution in [0.1, 0.15) is 26.2 Å². The summed E-state index contributed by atoms with van der Waals surface area (Å²) in [6.07, 6.45) is 4.43. The van der Waals surface area contributed by atoms with Crippen molar-refractivity contribution in [1.82, 2.24) is 9.97 Å². The molecule has 0 spiro atoms. The Morgan fingerprint density at radius 1 is 1.47 bits per heavy atom. The van der Waals surface area contributed by atoms with Crippen molar-refractivity contribution in [2.45, 2.75) is 26.2 Å². The second kappa shape index (κ2) is 7.67. The average Bonchev–Trinajstić information content (AvgIpc) is 2.33. The lowest BCUT2D eigenvalue weighted by Gasteiger charge is -2.07. The number of nitrogens with one attached hydrogen (secondary N) is 2. The Morgan fingerprint density at radius 2 is 2.24 bits per heavy atom. The highest BCUT2D eigenvalue weighted by molar-refractivity contribution is 5.58. The fourth-order valence-corrected chi connectivity index (χ4v) is 1.28. The Bertz CT molecular complexity index is 378. The van der Waals surface area contributed by atoms with Crippen molar-refractivity contribution in [3.05, 3.63) is 16.7 Å². The minimum absolute atomic E-state index is 0.124. The van der Waals surface area contributed by atoms with Gasteiger partial charge in [0.2, 0.25) is 0 Å². The molecule has 4 N–H and O–H groups in total. The number of aromatic amines is 1. The predicted octanol–water partition coefficient (Wildman–Crippen LogP) is 0.971. The number of rotatable bonds is 8. The molecule has 0 aliphatic carbocycles. The number of nitrogen functional groups attached to an aromatic ring is 1. The Balaban J connectivity index is 2.18. The molecule has 96 valence electrons. The van der Waals surface area contributed by atoms with Gasteiger partial charge < -0.3 is 20.8 Å². The Hall–Kier alpha value is -1.56. The Morgan fingerprint density at radius 3 is 3.00 bits per heavy atom. The zero-order valence-electron chi connectivity index (χ0n) is 10.2. The van der Waals surface area contributed by atoms with Gasteiger partial charge >= 0.3 is 0 Å². The first-order valence-electron chi connectivity index (χ1n) is 5.90. The molecule has 0 aliphatic rings. The van der Waals surface area contributed by atoms with Crippen molar-refractivity contribution < 1.29 is 4.74 Å². The molecule has 1 aromatic heterocycles. The van der Waals surface area contributed by atoms with E-state index in [1.54, 1.807) is 0 Å². The van der Waals surface area contributed by atoms with E-state index in [-0.39, 0.29) is 11.2 Å². The summed E-state index contributed by atoms with van der Waals surface area (Å²) < 4.78 is 5.41. The zero-order valence-corrected chi connectivity index (χ0v) is 10.2. The van der Waals surface area contributed by atoms with Crippen molar-refractivity contribution in [3.63, 3.8) is 0 Å². The number of aromatic nitrogens is 2. The zero-order chi connectivity index (χ0) is 12.5. The van der Waals surface area contributed by atoms with Gasteiger partial charge in [0.15, 0.2) is 5.82 Å². The second-order valence-corrected chi connectivity index (χ2v) is 3.74. The van der Waals surface area contributed by atoms with E-state index in [1.807, 2.05) is 0 Å². The van der Waals surface area contributed by atoms with Gasteiger partial charge in [0.25, 0.3) is 5.56 Å². The molecular weight excluding hydrogens is 220 g/mol. The summed E-state index contributed by atoms with van der Waals surface area (Å²) in [4.78, 5) is 17.5. The van der Waals surface area contributed by atoms with E-state index in [1.165, 1.54) is 6.33 Å². The lowest BCUT2D eigenvalue weighted by atomic mass is 10.3. The first-order chi connectivity index (χ1) is 8.25. The summed E-state index contributed by atoms with van der Waals surface area (Å²) in [7, 11) is 0. The summed E-state index contributed by atoms with van der Waals surface area (Å²) in [6, 6.07) is 0. The van der Waals surface area contributed by atoms with E-state index >= 15 is 0 Å². The molecule has 0 radical (unpaired) electrons. The van der Waals surface area contributed by atoms with Crippen molar-refractivity contribution >= 4 is 11.5 Å².